The normalized spacial score (nSPS) is 11.8. The Morgan fingerprint density at radius 3 is 1.00 bits per heavy atom. The summed E-state index contributed by atoms with van der Waals surface area (Å²) in [7, 11) is 0.738. The minimum Gasteiger partial charge on any atom is -0.537 e. The molecule has 0 spiro atoms. The predicted octanol–water partition coefficient (Wildman–Crippen LogP) is 27.6. The maximum atomic E-state index is 9.17. The summed E-state index contributed by atoms with van der Waals surface area (Å²) in [6, 6.07) is 119. The van der Waals surface area contributed by atoms with Gasteiger partial charge in [-0.15, -0.1) is 0 Å². The summed E-state index contributed by atoms with van der Waals surface area (Å²) in [6.45, 7) is 0. The Morgan fingerprint density at radius 2 is 0.548 bits per heavy atom. The Balaban J connectivity index is 0.000000113. The Hall–Kier alpha value is -13.0. The van der Waals surface area contributed by atoms with E-state index >= 15 is 0 Å². The zero-order valence-electron chi connectivity index (χ0n) is 55.8. The highest BCUT2D eigenvalue weighted by Crippen LogP contribution is 2.51. The third-order valence-electron chi connectivity index (χ3n) is 20.7. The first-order chi connectivity index (χ1) is 51.5. The SMILES string of the molecule is Brc1cccc(-c2c3oc4ccccc4c3cc3c2oc2ccccc23)c1.O[B]Oc1cccc2c(-c3cccc4ccccc34)c3ccccc3cc12.c1cc(-c2c3ccccc3c(-c3cccc4ccccc34)c3ccccc23)cc(-c2c3oc4ccccc4c3cc3c2oc2ccccc23)c1. The molecule has 0 aliphatic heterocycles. The summed E-state index contributed by atoms with van der Waals surface area (Å²) >= 11 is 3.60. The maximum Gasteiger partial charge on any atom is 0.569 e. The third kappa shape index (κ3) is 9.97. The largest absolute Gasteiger partial charge is 0.569 e. The van der Waals surface area contributed by atoms with E-state index < -0.39 is 0 Å². The highest BCUT2D eigenvalue weighted by atomic mass is 79.9. The van der Waals surface area contributed by atoms with Crippen LogP contribution in [0.2, 0.25) is 0 Å². The molecule has 0 aliphatic rings. The van der Waals surface area contributed by atoms with Crippen molar-refractivity contribution in [3.05, 3.63) is 344 Å². The quantitative estimate of drug-likeness (QED) is 0.126. The summed E-state index contributed by atoms with van der Waals surface area (Å²) in [6.07, 6.45) is 0. The topological polar surface area (TPSA) is 82.0 Å². The molecule has 0 aliphatic carbocycles. The summed E-state index contributed by atoms with van der Waals surface area (Å²) in [5.41, 5.74) is 18.3. The number of benzene rings is 18. The van der Waals surface area contributed by atoms with Gasteiger partial charge in [-0.05, 0) is 170 Å². The molecule has 4 aromatic heterocycles. The molecule has 1 N–H and O–H groups in total. The van der Waals surface area contributed by atoms with Crippen LogP contribution in [0.4, 0.5) is 0 Å². The lowest BCUT2D eigenvalue weighted by Crippen LogP contribution is -2.00. The van der Waals surface area contributed by atoms with Gasteiger partial charge in [-0.3, -0.25) is 0 Å². The molecule has 0 fully saturated rings. The van der Waals surface area contributed by atoms with E-state index in [1.165, 1.54) is 76.3 Å². The minimum atomic E-state index is 0.641. The van der Waals surface area contributed by atoms with Gasteiger partial charge in [0.05, 0.1) is 11.1 Å². The smallest absolute Gasteiger partial charge is 0.537 e. The summed E-state index contributed by atoms with van der Waals surface area (Å²) in [4.78, 5) is 0. The van der Waals surface area contributed by atoms with Crippen molar-refractivity contribution in [3.63, 3.8) is 0 Å². The van der Waals surface area contributed by atoms with Gasteiger partial charge in [0.2, 0.25) is 0 Å². The van der Waals surface area contributed by atoms with E-state index in [-0.39, 0.29) is 0 Å². The first kappa shape index (κ1) is 60.9. The highest BCUT2D eigenvalue weighted by molar-refractivity contribution is 9.10. The van der Waals surface area contributed by atoms with E-state index in [0.29, 0.717) is 5.75 Å². The molecule has 0 saturated carbocycles. The molecule has 0 bridgehead atoms. The van der Waals surface area contributed by atoms with Crippen LogP contribution in [0, 0.1) is 0 Å². The van der Waals surface area contributed by atoms with Gasteiger partial charge in [0.15, 0.2) is 0 Å². The second-order valence-electron chi connectivity index (χ2n) is 26.4. The molecule has 0 saturated heterocycles. The zero-order chi connectivity index (χ0) is 68.9. The van der Waals surface area contributed by atoms with Crippen molar-refractivity contribution in [1.82, 2.24) is 0 Å². The fraction of sp³-hybridized carbons (Fsp3) is 0. The van der Waals surface area contributed by atoms with E-state index in [1.807, 2.05) is 91.0 Å². The molecular weight excluding hydrogens is 1340 g/mol. The summed E-state index contributed by atoms with van der Waals surface area (Å²) < 4.78 is 32.4. The van der Waals surface area contributed by atoms with Gasteiger partial charge < -0.3 is 27.3 Å². The van der Waals surface area contributed by atoms with E-state index in [0.717, 1.165) is 144 Å². The van der Waals surface area contributed by atoms with Crippen LogP contribution in [0.3, 0.4) is 0 Å². The van der Waals surface area contributed by atoms with Crippen LogP contribution in [0.25, 0.3) is 208 Å². The number of fused-ring (bicyclic) bond motifs is 18. The molecule has 0 atom stereocenters. The Kier molecular flexibility index (Phi) is 14.6. The van der Waals surface area contributed by atoms with Crippen molar-refractivity contribution in [2.75, 3.05) is 0 Å². The van der Waals surface area contributed by atoms with Gasteiger partial charge in [-0.25, -0.2) is 0 Å². The molecule has 1 radical (unpaired) electrons. The maximum absolute atomic E-state index is 9.17. The summed E-state index contributed by atoms with van der Waals surface area (Å²) in [5.74, 6) is 0.641. The van der Waals surface area contributed by atoms with Gasteiger partial charge in [0.1, 0.15) is 50.4 Å². The lowest BCUT2D eigenvalue weighted by Gasteiger charge is -2.19. The number of hydrogen-bond donors (Lipinski definition) is 1. The fourth-order valence-electron chi connectivity index (χ4n) is 16.2. The van der Waals surface area contributed by atoms with Gasteiger partial charge in [0.25, 0.3) is 0 Å². The van der Waals surface area contributed by atoms with Crippen LogP contribution in [0.15, 0.2) is 362 Å². The molecular formula is C96H57BBrO6. The standard InChI is InChI=1S/C48H28O2.C24H16BO2.C24H13BrO2/c1-2-17-32-29(13-1)14-12-24-35(32)46-38-22-5-3-20-36(38)44(37-21-4-6-23-39(37)46)30-15-11-16-31(27-30)45-47-40(33-18-7-9-25-42(33)49-47)28-41-34-19-8-10-26-43(34)50-48(41)45;26-25-27-23-14-6-13-21-22(23)15-17-8-2-4-11-19(17)24(21)20-12-5-9-16-7-1-3-10-18(16)20;25-15-7-5-6-14(12-15)22-23-18(16-8-1-3-10-20(16)26-23)13-19-17-9-2-4-11-21(17)27-24(19)22/h1-28H;1-15,26H;1-13H. The van der Waals surface area contributed by atoms with Gasteiger partial charge >= 0.3 is 7.69 Å². The Labute approximate surface area is 604 Å². The molecule has 104 heavy (non-hydrogen) atoms. The lowest BCUT2D eigenvalue weighted by molar-refractivity contribution is 0.457. The fourth-order valence-corrected chi connectivity index (χ4v) is 16.6. The van der Waals surface area contributed by atoms with Crippen LogP contribution in [0.1, 0.15) is 0 Å². The third-order valence-corrected chi connectivity index (χ3v) is 21.2. The molecule has 22 aromatic rings. The van der Waals surface area contributed by atoms with E-state index in [2.05, 4.69) is 265 Å². The average molecular weight is 1400 g/mol. The number of para-hydroxylation sites is 4. The monoisotopic (exact) mass is 1400 g/mol. The van der Waals surface area contributed by atoms with Crippen molar-refractivity contribution in [2.24, 2.45) is 0 Å². The van der Waals surface area contributed by atoms with Crippen molar-refractivity contribution in [3.8, 4) is 61.4 Å². The van der Waals surface area contributed by atoms with Crippen LogP contribution >= 0.6 is 15.9 Å². The van der Waals surface area contributed by atoms with Crippen LogP contribution < -0.4 is 4.65 Å². The van der Waals surface area contributed by atoms with Gasteiger partial charge in [-0.1, -0.05) is 289 Å². The molecule has 4 heterocycles. The zero-order valence-corrected chi connectivity index (χ0v) is 57.4. The van der Waals surface area contributed by atoms with Gasteiger partial charge in [0, 0.05) is 52.9 Å². The first-order valence-electron chi connectivity index (χ1n) is 34.8. The molecule has 0 unspecified atom stereocenters. The average Bonchev–Trinajstić information content (AvgIpc) is 1.50. The molecule has 18 aromatic carbocycles. The van der Waals surface area contributed by atoms with Gasteiger partial charge in [-0.2, -0.15) is 0 Å². The van der Waals surface area contributed by atoms with Crippen LogP contribution in [-0.4, -0.2) is 12.7 Å². The molecule has 0 amide bonds. The number of hydrogen-bond acceptors (Lipinski definition) is 6. The molecule has 8 heteroatoms. The minimum absolute atomic E-state index is 0.641. The predicted molar refractivity (Wildman–Crippen MR) is 437 cm³/mol. The molecule has 22 rings (SSSR count). The van der Waals surface area contributed by atoms with Crippen molar-refractivity contribution < 1.29 is 27.3 Å². The van der Waals surface area contributed by atoms with E-state index in [4.69, 9.17) is 22.3 Å². The number of rotatable bonds is 7. The molecule has 487 valence electrons. The van der Waals surface area contributed by atoms with Crippen molar-refractivity contribution >= 4 is 176 Å². The first-order valence-corrected chi connectivity index (χ1v) is 35.6. The second kappa shape index (κ2) is 25.0. The lowest BCUT2D eigenvalue weighted by atomic mass is 9.84. The van der Waals surface area contributed by atoms with Crippen molar-refractivity contribution in [2.45, 2.75) is 0 Å². The summed E-state index contributed by atoms with van der Waals surface area (Å²) in [5, 5.41) is 32.3. The highest BCUT2D eigenvalue weighted by Gasteiger charge is 2.25. The van der Waals surface area contributed by atoms with E-state index in [9.17, 15) is 5.02 Å². The van der Waals surface area contributed by atoms with E-state index in [1.54, 1.807) is 0 Å². The Morgan fingerprint density at radius 1 is 0.231 bits per heavy atom. The van der Waals surface area contributed by atoms with Crippen LogP contribution in [-0.2, 0) is 0 Å². The second-order valence-corrected chi connectivity index (χ2v) is 27.4. The Bertz CT molecular complexity index is 6990. The molecule has 6 nitrogen and oxygen atoms in total. The number of halogens is 1. The number of furan rings is 4. The van der Waals surface area contributed by atoms with Crippen molar-refractivity contribution in [1.29, 1.82) is 0 Å². The van der Waals surface area contributed by atoms with Crippen LogP contribution in [0.5, 0.6) is 5.75 Å².